The fourth-order valence-electron chi connectivity index (χ4n) is 2.98. The molecule has 110 valence electrons. The number of imidazole rings is 1. The number of amides is 1. The molecule has 1 saturated heterocycles. The van der Waals surface area contributed by atoms with Crippen molar-refractivity contribution in [3.8, 4) is 0 Å². The molecule has 0 bridgehead atoms. The molecule has 2 heterocycles. The van der Waals surface area contributed by atoms with Crippen LogP contribution in [0.4, 0.5) is 0 Å². The van der Waals surface area contributed by atoms with E-state index in [0.717, 1.165) is 37.2 Å². The maximum absolute atomic E-state index is 12.8. The van der Waals surface area contributed by atoms with Crippen molar-refractivity contribution in [3.05, 3.63) is 54.1 Å². The van der Waals surface area contributed by atoms with E-state index in [-0.39, 0.29) is 5.91 Å². The number of aromatic amines is 1. The Kier molecular flexibility index (Phi) is 4.01. The first-order chi connectivity index (χ1) is 10.3. The van der Waals surface area contributed by atoms with Gasteiger partial charge in [0.25, 0.3) is 0 Å². The van der Waals surface area contributed by atoms with Gasteiger partial charge in [-0.25, -0.2) is 4.98 Å². The van der Waals surface area contributed by atoms with Gasteiger partial charge < -0.3 is 15.6 Å². The minimum Gasteiger partial charge on any atom is -0.350 e. The summed E-state index contributed by atoms with van der Waals surface area (Å²) in [6.45, 7) is 2.22. The molecule has 0 radical (unpaired) electrons. The van der Waals surface area contributed by atoms with Gasteiger partial charge in [0.1, 0.15) is 0 Å². The van der Waals surface area contributed by atoms with Crippen molar-refractivity contribution in [2.75, 3.05) is 13.1 Å². The second-order valence-electron chi connectivity index (χ2n) is 5.46. The quantitative estimate of drug-likeness (QED) is 0.793. The fraction of sp³-hybridized carbons (Fsp3) is 0.375. The highest BCUT2D eigenvalue weighted by Gasteiger charge is 2.40. The monoisotopic (exact) mass is 284 g/mol. The Morgan fingerprint density at radius 2 is 2.00 bits per heavy atom. The van der Waals surface area contributed by atoms with E-state index in [9.17, 15) is 4.79 Å². The van der Waals surface area contributed by atoms with Gasteiger partial charge in [0.05, 0.1) is 24.0 Å². The summed E-state index contributed by atoms with van der Waals surface area (Å²) < 4.78 is 0. The van der Waals surface area contributed by atoms with Crippen molar-refractivity contribution in [3.63, 3.8) is 0 Å². The zero-order chi connectivity index (χ0) is 14.5. The van der Waals surface area contributed by atoms with Crippen LogP contribution in [0.25, 0.3) is 0 Å². The molecule has 1 aromatic heterocycles. The predicted octanol–water partition coefficient (Wildman–Crippen LogP) is 1.35. The summed E-state index contributed by atoms with van der Waals surface area (Å²) in [4.78, 5) is 19.8. The summed E-state index contributed by atoms with van der Waals surface area (Å²) in [5, 5.41) is 6.39. The highest BCUT2D eigenvalue weighted by atomic mass is 16.2. The molecule has 0 saturated carbocycles. The molecule has 0 spiro atoms. The number of aromatic nitrogens is 2. The normalized spacial score (nSPS) is 17.3. The molecule has 2 aromatic rings. The van der Waals surface area contributed by atoms with Gasteiger partial charge >= 0.3 is 0 Å². The van der Waals surface area contributed by atoms with E-state index in [2.05, 4.69) is 32.7 Å². The fourth-order valence-corrected chi connectivity index (χ4v) is 2.98. The second kappa shape index (κ2) is 6.10. The highest BCUT2D eigenvalue weighted by Crippen LogP contribution is 2.33. The van der Waals surface area contributed by atoms with Crippen LogP contribution in [0.2, 0.25) is 0 Å². The molecule has 3 N–H and O–H groups in total. The third kappa shape index (κ3) is 2.83. The number of hydrogen-bond acceptors (Lipinski definition) is 3. The minimum absolute atomic E-state index is 0.102. The minimum atomic E-state index is -0.424. The van der Waals surface area contributed by atoms with Gasteiger partial charge in [0.15, 0.2) is 0 Å². The van der Waals surface area contributed by atoms with Crippen molar-refractivity contribution in [2.45, 2.75) is 24.8 Å². The molecular formula is C16H20N4O. The number of nitrogens with one attached hydrogen (secondary N) is 3. The zero-order valence-electron chi connectivity index (χ0n) is 11.9. The summed E-state index contributed by atoms with van der Waals surface area (Å²) in [5.74, 6) is 0.102. The van der Waals surface area contributed by atoms with Gasteiger partial charge in [-0.05, 0) is 31.5 Å². The number of hydrogen-bond donors (Lipinski definition) is 3. The van der Waals surface area contributed by atoms with Crippen molar-refractivity contribution in [1.82, 2.24) is 20.6 Å². The van der Waals surface area contributed by atoms with Crippen LogP contribution >= 0.6 is 0 Å². The number of H-pyrrole nitrogens is 1. The Morgan fingerprint density at radius 1 is 1.24 bits per heavy atom. The van der Waals surface area contributed by atoms with E-state index in [1.165, 1.54) is 0 Å². The van der Waals surface area contributed by atoms with Crippen molar-refractivity contribution in [1.29, 1.82) is 0 Å². The Morgan fingerprint density at radius 3 is 2.67 bits per heavy atom. The first-order valence-electron chi connectivity index (χ1n) is 7.33. The van der Waals surface area contributed by atoms with E-state index in [0.29, 0.717) is 6.54 Å². The summed E-state index contributed by atoms with van der Waals surface area (Å²) in [6.07, 6.45) is 5.01. The Bertz CT molecular complexity index is 574. The zero-order valence-corrected chi connectivity index (χ0v) is 11.9. The lowest BCUT2D eigenvalue weighted by atomic mass is 9.72. The topological polar surface area (TPSA) is 69.8 Å². The number of rotatable bonds is 4. The van der Waals surface area contributed by atoms with Gasteiger partial charge in [-0.2, -0.15) is 0 Å². The van der Waals surface area contributed by atoms with E-state index >= 15 is 0 Å². The van der Waals surface area contributed by atoms with Crippen LogP contribution in [0.1, 0.15) is 24.1 Å². The van der Waals surface area contributed by atoms with Crippen LogP contribution in [0.15, 0.2) is 42.9 Å². The SMILES string of the molecule is O=C(NCc1cnc[nH]1)C1(c2ccccc2)CCNCC1. The summed E-state index contributed by atoms with van der Waals surface area (Å²) in [7, 11) is 0. The smallest absolute Gasteiger partial charge is 0.231 e. The molecule has 5 nitrogen and oxygen atoms in total. The molecule has 21 heavy (non-hydrogen) atoms. The van der Waals surface area contributed by atoms with Crippen LogP contribution in [0.3, 0.4) is 0 Å². The second-order valence-corrected chi connectivity index (χ2v) is 5.46. The maximum Gasteiger partial charge on any atom is 0.231 e. The van der Waals surface area contributed by atoms with Crippen LogP contribution in [-0.2, 0) is 16.8 Å². The number of benzene rings is 1. The maximum atomic E-state index is 12.8. The molecule has 1 aliphatic heterocycles. The molecule has 5 heteroatoms. The molecule has 1 fully saturated rings. The van der Waals surface area contributed by atoms with Gasteiger partial charge in [-0.1, -0.05) is 30.3 Å². The lowest BCUT2D eigenvalue weighted by Gasteiger charge is -2.36. The van der Waals surface area contributed by atoms with Crippen molar-refractivity contribution >= 4 is 5.91 Å². The summed E-state index contributed by atoms with van der Waals surface area (Å²) in [5.41, 5.74) is 1.60. The molecule has 0 unspecified atom stereocenters. The Labute approximate surface area is 124 Å². The van der Waals surface area contributed by atoms with Crippen LogP contribution in [0.5, 0.6) is 0 Å². The molecular weight excluding hydrogens is 264 g/mol. The largest absolute Gasteiger partial charge is 0.350 e. The standard InChI is InChI=1S/C16H20N4O/c21-15(19-11-14-10-18-12-20-14)16(6-8-17-9-7-16)13-4-2-1-3-5-13/h1-5,10,12,17H,6-9,11H2,(H,18,20)(H,19,21). The Balaban J connectivity index is 1.80. The average Bonchev–Trinajstić information content (AvgIpc) is 3.07. The summed E-state index contributed by atoms with van der Waals surface area (Å²) in [6, 6.07) is 10.1. The van der Waals surface area contributed by atoms with Crippen LogP contribution in [0, 0.1) is 0 Å². The van der Waals surface area contributed by atoms with Crippen LogP contribution < -0.4 is 10.6 Å². The van der Waals surface area contributed by atoms with E-state index in [1.807, 2.05) is 18.2 Å². The average molecular weight is 284 g/mol. The molecule has 3 rings (SSSR count). The molecule has 0 atom stereocenters. The molecule has 1 aliphatic rings. The lowest BCUT2D eigenvalue weighted by molar-refractivity contribution is -0.128. The molecule has 1 aromatic carbocycles. The van der Waals surface area contributed by atoms with Gasteiger partial charge in [0.2, 0.25) is 5.91 Å². The number of nitrogens with zero attached hydrogens (tertiary/aromatic N) is 1. The van der Waals surface area contributed by atoms with Crippen molar-refractivity contribution < 1.29 is 4.79 Å². The third-order valence-corrected chi connectivity index (χ3v) is 4.21. The number of piperidine rings is 1. The number of carbonyl (C=O) groups excluding carboxylic acids is 1. The van der Waals surface area contributed by atoms with E-state index < -0.39 is 5.41 Å². The van der Waals surface area contributed by atoms with E-state index in [1.54, 1.807) is 12.5 Å². The van der Waals surface area contributed by atoms with Gasteiger partial charge in [-0.3, -0.25) is 4.79 Å². The van der Waals surface area contributed by atoms with Gasteiger partial charge in [0, 0.05) is 6.20 Å². The molecule has 0 aliphatic carbocycles. The highest BCUT2D eigenvalue weighted by molar-refractivity contribution is 5.88. The molecule has 1 amide bonds. The third-order valence-electron chi connectivity index (χ3n) is 4.21. The summed E-state index contributed by atoms with van der Waals surface area (Å²) >= 11 is 0. The first-order valence-corrected chi connectivity index (χ1v) is 7.33. The van der Waals surface area contributed by atoms with E-state index in [4.69, 9.17) is 0 Å². The van der Waals surface area contributed by atoms with Crippen molar-refractivity contribution in [2.24, 2.45) is 0 Å². The van der Waals surface area contributed by atoms with Crippen LogP contribution in [-0.4, -0.2) is 29.0 Å². The number of carbonyl (C=O) groups is 1. The Hall–Kier alpha value is -2.14. The predicted molar refractivity (Wildman–Crippen MR) is 80.7 cm³/mol. The lowest BCUT2D eigenvalue weighted by Crippen LogP contribution is -2.50. The first kappa shape index (κ1) is 13.8. The van der Waals surface area contributed by atoms with Gasteiger partial charge in [-0.15, -0.1) is 0 Å².